The van der Waals surface area contributed by atoms with Crippen LogP contribution in [0.3, 0.4) is 0 Å². The molecule has 2 aromatic carbocycles. The van der Waals surface area contributed by atoms with Gasteiger partial charge in [-0.15, -0.1) is 0 Å². The first kappa shape index (κ1) is 40.1. The van der Waals surface area contributed by atoms with E-state index in [9.17, 15) is 9.59 Å². The van der Waals surface area contributed by atoms with Crippen LogP contribution in [0.2, 0.25) is 0 Å². The smallest absolute Gasteiger partial charge is 0.335 e. The summed E-state index contributed by atoms with van der Waals surface area (Å²) in [6.45, 7) is 8.44. The van der Waals surface area contributed by atoms with Gasteiger partial charge in [-0.25, -0.2) is 4.79 Å². The van der Waals surface area contributed by atoms with Crippen LogP contribution in [0.1, 0.15) is 88.3 Å². The van der Waals surface area contributed by atoms with Crippen LogP contribution in [0, 0.1) is 11.8 Å². The average Bonchev–Trinajstić information content (AvgIpc) is 3.12. The molecule has 0 saturated heterocycles. The molecule has 2 aromatic rings. The van der Waals surface area contributed by atoms with Gasteiger partial charge in [0, 0.05) is 12.8 Å². The summed E-state index contributed by atoms with van der Waals surface area (Å²) in [6, 6.07) is 15.1. The Morgan fingerprint density at radius 1 is 0.837 bits per heavy atom. The highest BCUT2D eigenvalue weighted by molar-refractivity contribution is 5.88. The zero-order valence-corrected chi connectivity index (χ0v) is 29.8. The van der Waals surface area contributed by atoms with E-state index in [4.69, 9.17) is 29.2 Å². The van der Waals surface area contributed by atoms with Crippen molar-refractivity contribution in [2.45, 2.75) is 84.5 Å². The Labute approximate surface area is 293 Å². The molecule has 0 amide bonds. The highest BCUT2D eigenvalue weighted by Gasteiger charge is 2.17. The van der Waals surface area contributed by atoms with Gasteiger partial charge in [-0.05, 0) is 65.5 Å². The van der Waals surface area contributed by atoms with Crippen LogP contribution in [-0.2, 0) is 41.4 Å². The minimum absolute atomic E-state index is 0.0104. The number of esters is 2. The molecule has 0 bridgehead atoms. The number of allylic oxidation sites excluding steroid dienone is 2. The number of hydrogen-bond acceptors (Lipinski definition) is 8. The molecule has 270 valence electrons. The second kappa shape index (κ2) is 23.2. The molecule has 0 aliphatic heterocycles. The van der Waals surface area contributed by atoms with E-state index in [0.29, 0.717) is 12.8 Å². The number of aliphatic hydroxyl groups excluding tert-OH is 2. The summed E-state index contributed by atoms with van der Waals surface area (Å²) in [4.78, 5) is 24.8. The molecule has 1 aliphatic carbocycles. The van der Waals surface area contributed by atoms with Crippen molar-refractivity contribution in [1.29, 1.82) is 0 Å². The normalized spacial score (nSPS) is 15.0. The van der Waals surface area contributed by atoms with Crippen molar-refractivity contribution in [3.8, 4) is 11.1 Å². The monoisotopic (exact) mass is 678 g/mol. The maximum Gasteiger partial charge on any atom is 0.335 e. The van der Waals surface area contributed by atoms with E-state index in [0.717, 1.165) is 34.6 Å². The predicted octanol–water partition coefficient (Wildman–Crippen LogP) is 7.28. The van der Waals surface area contributed by atoms with Gasteiger partial charge in [0.1, 0.15) is 0 Å². The zero-order valence-electron chi connectivity index (χ0n) is 29.8. The summed E-state index contributed by atoms with van der Waals surface area (Å²) < 4.78 is 21.4. The number of ether oxygens (including phenoxy) is 4. The van der Waals surface area contributed by atoms with Crippen molar-refractivity contribution in [3.05, 3.63) is 77.4 Å². The second-order valence-electron chi connectivity index (χ2n) is 13.1. The van der Waals surface area contributed by atoms with Crippen LogP contribution >= 0.6 is 0 Å². The van der Waals surface area contributed by atoms with E-state index < -0.39 is 11.9 Å². The molecule has 2 atom stereocenters. The van der Waals surface area contributed by atoms with E-state index in [-0.39, 0.29) is 64.4 Å². The summed E-state index contributed by atoms with van der Waals surface area (Å²) >= 11 is 0. The van der Waals surface area contributed by atoms with E-state index in [1.807, 2.05) is 0 Å². The first-order valence-electron chi connectivity index (χ1n) is 18.2. The Morgan fingerprint density at radius 2 is 1.49 bits per heavy atom. The molecule has 1 aliphatic rings. The van der Waals surface area contributed by atoms with Crippen LogP contribution in [0.4, 0.5) is 0 Å². The van der Waals surface area contributed by atoms with Crippen molar-refractivity contribution >= 4 is 17.5 Å². The fraction of sp³-hybridized carbons (Fsp3) is 0.561. The third-order valence-corrected chi connectivity index (χ3v) is 8.94. The van der Waals surface area contributed by atoms with E-state index >= 15 is 0 Å². The van der Waals surface area contributed by atoms with Gasteiger partial charge in [-0.3, -0.25) is 4.79 Å². The molecule has 0 aromatic heterocycles. The summed E-state index contributed by atoms with van der Waals surface area (Å²) in [7, 11) is 0. The molecule has 3 rings (SSSR count). The van der Waals surface area contributed by atoms with Gasteiger partial charge in [0.25, 0.3) is 0 Å². The lowest BCUT2D eigenvalue weighted by Gasteiger charge is -2.22. The molecule has 8 heteroatoms. The van der Waals surface area contributed by atoms with Crippen molar-refractivity contribution in [1.82, 2.24) is 0 Å². The first-order chi connectivity index (χ1) is 23.8. The van der Waals surface area contributed by atoms with E-state index in [2.05, 4.69) is 62.0 Å². The Kier molecular flexibility index (Phi) is 19.0. The number of aliphatic hydroxyl groups is 2. The van der Waals surface area contributed by atoms with Crippen LogP contribution in [0.5, 0.6) is 0 Å². The molecule has 0 spiro atoms. The molecule has 2 unspecified atom stereocenters. The Balaban J connectivity index is 1.65. The molecule has 0 radical (unpaired) electrons. The molecule has 0 heterocycles. The lowest BCUT2D eigenvalue weighted by molar-refractivity contribution is -0.150. The lowest BCUT2D eigenvalue weighted by atomic mass is 9.83. The van der Waals surface area contributed by atoms with Gasteiger partial charge in [0.05, 0.1) is 64.3 Å². The molecule has 8 nitrogen and oxygen atoms in total. The van der Waals surface area contributed by atoms with Gasteiger partial charge in [-0.1, -0.05) is 101 Å². The van der Waals surface area contributed by atoms with Gasteiger partial charge in [0.2, 0.25) is 0 Å². The SMILES string of the molecule is C=C(COCCO)C(=O)OCCc1cc(CCOC(=O)C(C)COCCO)cc(-c2ccc(C3=CCC(CCCCCCC)CC3)cc2)c1. The predicted molar refractivity (Wildman–Crippen MR) is 194 cm³/mol. The molecular formula is C41H58O8. The number of unbranched alkanes of at least 4 members (excludes halogenated alkanes) is 4. The van der Waals surface area contributed by atoms with Crippen LogP contribution in [0.25, 0.3) is 16.7 Å². The largest absolute Gasteiger partial charge is 0.465 e. The topological polar surface area (TPSA) is 112 Å². The number of hydrogen-bond donors (Lipinski definition) is 2. The summed E-state index contributed by atoms with van der Waals surface area (Å²) in [5, 5.41) is 17.8. The Hall–Kier alpha value is -3.30. The van der Waals surface area contributed by atoms with Crippen LogP contribution in [0.15, 0.2) is 60.7 Å². The Morgan fingerprint density at radius 3 is 2.14 bits per heavy atom. The minimum atomic E-state index is -0.524. The average molecular weight is 679 g/mol. The third-order valence-electron chi connectivity index (χ3n) is 8.94. The number of benzene rings is 2. The van der Waals surface area contributed by atoms with E-state index in [1.165, 1.54) is 62.5 Å². The van der Waals surface area contributed by atoms with Crippen molar-refractivity contribution < 1.29 is 38.7 Å². The van der Waals surface area contributed by atoms with Crippen molar-refractivity contribution in [3.63, 3.8) is 0 Å². The summed E-state index contributed by atoms with van der Waals surface area (Å²) in [5.74, 6) is -0.476. The maximum atomic E-state index is 12.4. The highest BCUT2D eigenvalue weighted by atomic mass is 16.5. The maximum absolute atomic E-state index is 12.4. The van der Waals surface area contributed by atoms with Gasteiger partial charge < -0.3 is 29.2 Å². The number of carbonyl (C=O) groups is 2. The minimum Gasteiger partial charge on any atom is -0.465 e. The molecule has 2 N–H and O–H groups in total. The standard InChI is InChI=1S/C41H58O8/c1-4-5-6-7-8-9-33-10-12-36(13-11-33)37-14-16-38(17-15-37)39-27-34(18-22-48-40(44)31(2)29-46-24-20-42)26-35(28-39)19-23-49-41(45)32(3)30-47-25-21-43/h12,14-17,26-28,32-33,42-43H,2,4-11,13,18-25,29-30H2,1,3H3. The number of rotatable bonds is 24. The quantitative estimate of drug-likeness (QED) is 0.0677. The molecule has 49 heavy (non-hydrogen) atoms. The fourth-order valence-electron chi connectivity index (χ4n) is 6.03. The third kappa shape index (κ3) is 15.0. The first-order valence-corrected chi connectivity index (χ1v) is 18.2. The van der Waals surface area contributed by atoms with Crippen molar-refractivity contribution in [2.24, 2.45) is 11.8 Å². The van der Waals surface area contributed by atoms with Crippen LogP contribution in [-0.4, -0.2) is 75.0 Å². The van der Waals surface area contributed by atoms with Crippen molar-refractivity contribution in [2.75, 3.05) is 52.9 Å². The zero-order chi connectivity index (χ0) is 35.3. The Bertz CT molecular complexity index is 1320. The second-order valence-corrected chi connectivity index (χ2v) is 13.1. The highest BCUT2D eigenvalue weighted by Crippen LogP contribution is 2.34. The van der Waals surface area contributed by atoms with Crippen LogP contribution < -0.4 is 0 Å². The molecule has 0 fully saturated rings. The van der Waals surface area contributed by atoms with Gasteiger partial charge in [0.15, 0.2) is 0 Å². The number of carbonyl (C=O) groups excluding carboxylic acids is 2. The molecule has 0 saturated carbocycles. The summed E-state index contributed by atoms with van der Waals surface area (Å²) in [6.07, 6.45) is 15.1. The lowest BCUT2D eigenvalue weighted by Crippen LogP contribution is -2.21. The summed E-state index contributed by atoms with van der Waals surface area (Å²) in [5.41, 5.74) is 7.06. The van der Waals surface area contributed by atoms with E-state index in [1.54, 1.807) is 6.92 Å². The van der Waals surface area contributed by atoms with Gasteiger partial charge >= 0.3 is 11.9 Å². The fourth-order valence-corrected chi connectivity index (χ4v) is 6.03. The molecular weight excluding hydrogens is 620 g/mol. The van der Waals surface area contributed by atoms with Gasteiger partial charge in [-0.2, -0.15) is 0 Å².